The first-order valence-corrected chi connectivity index (χ1v) is 9.05. The second-order valence-corrected chi connectivity index (χ2v) is 7.30. The van der Waals surface area contributed by atoms with Gasteiger partial charge in [-0.3, -0.25) is 4.68 Å². The highest BCUT2D eigenvalue weighted by molar-refractivity contribution is 5.62. The first-order valence-electron chi connectivity index (χ1n) is 9.05. The normalized spacial score (nSPS) is 24.1. The van der Waals surface area contributed by atoms with Crippen LogP contribution in [-0.4, -0.2) is 31.8 Å². The number of aromatic nitrogens is 4. The maximum absolute atomic E-state index is 5.99. The van der Waals surface area contributed by atoms with E-state index < -0.39 is 0 Å². The van der Waals surface area contributed by atoms with Crippen molar-refractivity contribution in [1.29, 1.82) is 0 Å². The topological polar surface area (TPSA) is 81.7 Å². The van der Waals surface area contributed by atoms with Crippen molar-refractivity contribution in [2.24, 2.45) is 18.7 Å². The lowest BCUT2D eigenvalue weighted by molar-refractivity contribution is 0.410. The lowest BCUT2D eigenvalue weighted by Gasteiger charge is -2.26. The molecule has 0 amide bonds. The lowest BCUT2D eigenvalue weighted by atomic mass is 9.92. The standard InChI is InChI=1S/C18H26N6/c1-24-17(10-12-2-3-12)15(11-21-24)16-8-9-20-18(23-16)22-14-6-4-13(19)5-7-14/h8-9,11-14H,2-7,10,19H2,1H3,(H,20,22,23). The Balaban J connectivity index is 1.52. The molecule has 3 N–H and O–H groups in total. The minimum absolute atomic E-state index is 0.357. The van der Waals surface area contributed by atoms with E-state index in [0.717, 1.165) is 49.3 Å². The van der Waals surface area contributed by atoms with E-state index in [4.69, 9.17) is 10.7 Å². The number of hydrogen-bond acceptors (Lipinski definition) is 5. The van der Waals surface area contributed by atoms with Gasteiger partial charge in [-0.1, -0.05) is 0 Å². The molecule has 0 unspecified atom stereocenters. The molecule has 0 saturated heterocycles. The molecular weight excluding hydrogens is 300 g/mol. The second kappa shape index (κ2) is 6.51. The van der Waals surface area contributed by atoms with Gasteiger partial charge in [-0.05, 0) is 56.9 Å². The zero-order chi connectivity index (χ0) is 16.5. The molecule has 2 fully saturated rings. The van der Waals surface area contributed by atoms with Gasteiger partial charge in [0.1, 0.15) is 0 Å². The molecule has 6 nitrogen and oxygen atoms in total. The minimum Gasteiger partial charge on any atom is -0.351 e. The van der Waals surface area contributed by atoms with Gasteiger partial charge < -0.3 is 11.1 Å². The van der Waals surface area contributed by atoms with Crippen LogP contribution >= 0.6 is 0 Å². The molecule has 2 aliphatic carbocycles. The Morgan fingerprint density at radius 1 is 1.21 bits per heavy atom. The Morgan fingerprint density at radius 3 is 2.75 bits per heavy atom. The molecule has 0 radical (unpaired) electrons. The summed E-state index contributed by atoms with van der Waals surface area (Å²) < 4.78 is 1.99. The largest absolute Gasteiger partial charge is 0.351 e. The van der Waals surface area contributed by atoms with Crippen LogP contribution in [0.2, 0.25) is 0 Å². The van der Waals surface area contributed by atoms with Crippen LogP contribution in [0, 0.1) is 5.92 Å². The lowest BCUT2D eigenvalue weighted by Crippen LogP contribution is -2.33. The Hall–Kier alpha value is -1.95. The van der Waals surface area contributed by atoms with Crippen molar-refractivity contribution < 1.29 is 0 Å². The smallest absolute Gasteiger partial charge is 0.223 e. The molecule has 4 rings (SSSR count). The highest BCUT2D eigenvalue weighted by Gasteiger charge is 2.25. The Morgan fingerprint density at radius 2 is 2.00 bits per heavy atom. The van der Waals surface area contributed by atoms with Crippen LogP contribution in [0.1, 0.15) is 44.2 Å². The molecule has 2 aromatic heterocycles. The molecule has 0 bridgehead atoms. The highest BCUT2D eigenvalue weighted by Crippen LogP contribution is 2.35. The van der Waals surface area contributed by atoms with Crippen molar-refractivity contribution in [3.8, 4) is 11.3 Å². The molecule has 2 heterocycles. The van der Waals surface area contributed by atoms with Gasteiger partial charge in [0.15, 0.2) is 0 Å². The van der Waals surface area contributed by atoms with Gasteiger partial charge in [0.05, 0.1) is 11.9 Å². The molecule has 2 aromatic rings. The van der Waals surface area contributed by atoms with Gasteiger partial charge >= 0.3 is 0 Å². The molecule has 128 valence electrons. The SMILES string of the molecule is Cn1ncc(-c2ccnc(NC3CCC(N)CC3)n2)c1CC1CC1. The molecule has 2 aliphatic rings. The van der Waals surface area contributed by atoms with E-state index in [1.54, 1.807) is 0 Å². The van der Waals surface area contributed by atoms with Crippen molar-refractivity contribution in [2.45, 2.75) is 57.0 Å². The molecule has 24 heavy (non-hydrogen) atoms. The van der Waals surface area contributed by atoms with Crippen LogP contribution < -0.4 is 11.1 Å². The maximum atomic E-state index is 5.99. The van der Waals surface area contributed by atoms with Crippen LogP contribution in [0.3, 0.4) is 0 Å². The maximum Gasteiger partial charge on any atom is 0.223 e. The fourth-order valence-electron chi connectivity index (χ4n) is 3.54. The summed E-state index contributed by atoms with van der Waals surface area (Å²) in [7, 11) is 2.02. The van der Waals surface area contributed by atoms with Gasteiger partial charge in [-0.2, -0.15) is 5.10 Å². The number of anilines is 1. The molecule has 2 saturated carbocycles. The predicted octanol–water partition coefficient (Wildman–Crippen LogP) is 2.51. The van der Waals surface area contributed by atoms with Gasteiger partial charge in [-0.15, -0.1) is 0 Å². The van der Waals surface area contributed by atoms with Crippen molar-refractivity contribution in [2.75, 3.05) is 5.32 Å². The first kappa shape index (κ1) is 15.6. The summed E-state index contributed by atoms with van der Waals surface area (Å²) in [5.74, 6) is 1.54. The van der Waals surface area contributed by atoms with Gasteiger partial charge in [0.2, 0.25) is 5.95 Å². The van der Waals surface area contributed by atoms with Crippen molar-refractivity contribution in [1.82, 2.24) is 19.7 Å². The summed E-state index contributed by atoms with van der Waals surface area (Å²) in [5.41, 5.74) is 9.37. The monoisotopic (exact) mass is 326 g/mol. The fourth-order valence-corrected chi connectivity index (χ4v) is 3.54. The van der Waals surface area contributed by atoms with Crippen LogP contribution in [-0.2, 0) is 13.5 Å². The number of rotatable bonds is 5. The predicted molar refractivity (Wildman–Crippen MR) is 94.5 cm³/mol. The fraction of sp³-hybridized carbons (Fsp3) is 0.611. The summed E-state index contributed by atoms with van der Waals surface area (Å²) in [6.07, 6.45) is 11.9. The first-order chi connectivity index (χ1) is 11.7. The molecule has 0 aromatic carbocycles. The minimum atomic E-state index is 0.357. The average Bonchev–Trinajstić information content (AvgIpc) is 3.33. The third kappa shape index (κ3) is 3.43. The third-order valence-electron chi connectivity index (χ3n) is 5.28. The van der Waals surface area contributed by atoms with E-state index in [1.807, 2.05) is 30.2 Å². The summed E-state index contributed by atoms with van der Waals surface area (Å²) in [4.78, 5) is 9.16. The zero-order valence-corrected chi connectivity index (χ0v) is 14.3. The Bertz CT molecular complexity index is 697. The van der Waals surface area contributed by atoms with Gasteiger partial charge in [-0.25, -0.2) is 9.97 Å². The quantitative estimate of drug-likeness (QED) is 0.882. The molecule has 0 spiro atoms. The average molecular weight is 326 g/mol. The third-order valence-corrected chi connectivity index (χ3v) is 5.28. The van der Waals surface area contributed by atoms with Crippen molar-refractivity contribution >= 4 is 5.95 Å². The molecule has 0 aliphatic heterocycles. The van der Waals surface area contributed by atoms with Crippen molar-refractivity contribution in [3.05, 3.63) is 24.2 Å². The zero-order valence-electron chi connectivity index (χ0n) is 14.3. The van der Waals surface area contributed by atoms with Crippen LogP contribution in [0.4, 0.5) is 5.95 Å². The number of aryl methyl sites for hydroxylation is 1. The molecule has 0 atom stereocenters. The number of nitrogens with zero attached hydrogens (tertiary/aromatic N) is 4. The molecular formula is C18H26N6. The van der Waals surface area contributed by atoms with E-state index in [0.29, 0.717) is 18.0 Å². The van der Waals surface area contributed by atoms with Gasteiger partial charge in [0.25, 0.3) is 0 Å². The highest BCUT2D eigenvalue weighted by atomic mass is 15.3. The number of nitrogens with one attached hydrogen (secondary N) is 1. The Kier molecular flexibility index (Phi) is 4.22. The van der Waals surface area contributed by atoms with E-state index in [9.17, 15) is 0 Å². The van der Waals surface area contributed by atoms with Crippen molar-refractivity contribution in [3.63, 3.8) is 0 Å². The van der Waals surface area contributed by atoms with E-state index in [-0.39, 0.29) is 0 Å². The van der Waals surface area contributed by atoms with Gasteiger partial charge in [0, 0.05) is 36.6 Å². The van der Waals surface area contributed by atoms with E-state index >= 15 is 0 Å². The summed E-state index contributed by atoms with van der Waals surface area (Å²) >= 11 is 0. The molecule has 6 heteroatoms. The summed E-state index contributed by atoms with van der Waals surface area (Å²) in [5, 5.41) is 7.94. The summed E-state index contributed by atoms with van der Waals surface area (Å²) in [6.45, 7) is 0. The Labute approximate surface area is 142 Å². The number of nitrogens with two attached hydrogens (primary N) is 1. The number of hydrogen-bond donors (Lipinski definition) is 2. The second-order valence-electron chi connectivity index (χ2n) is 7.30. The summed E-state index contributed by atoms with van der Waals surface area (Å²) in [6, 6.07) is 2.77. The van der Waals surface area contributed by atoms with E-state index in [1.165, 1.54) is 18.5 Å². The van der Waals surface area contributed by atoms with Crippen LogP contribution in [0.25, 0.3) is 11.3 Å². The van der Waals surface area contributed by atoms with Crippen LogP contribution in [0.5, 0.6) is 0 Å². The van der Waals surface area contributed by atoms with E-state index in [2.05, 4.69) is 15.4 Å². The van der Waals surface area contributed by atoms with Crippen LogP contribution in [0.15, 0.2) is 18.5 Å².